The highest BCUT2D eigenvalue weighted by molar-refractivity contribution is 5.60. The number of nitro groups is 1. The molecular formula is C10H15N5O2. The predicted molar refractivity (Wildman–Crippen MR) is 64.5 cm³/mol. The van der Waals surface area contributed by atoms with Gasteiger partial charge in [-0.15, -0.1) is 0 Å². The largest absolute Gasteiger partial charge is 0.362 e. The highest BCUT2D eigenvalue weighted by Gasteiger charge is 2.28. The topological polar surface area (TPSA) is 106 Å². The molecule has 1 aromatic rings. The van der Waals surface area contributed by atoms with Crippen molar-refractivity contribution in [1.29, 1.82) is 0 Å². The molecule has 0 aromatic carbocycles. The van der Waals surface area contributed by atoms with Crippen LogP contribution >= 0.6 is 0 Å². The molecule has 92 valence electrons. The number of nitrogens with zero attached hydrogens (tertiary/aromatic N) is 2. The fourth-order valence-corrected chi connectivity index (χ4v) is 2.00. The number of pyridine rings is 1. The first-order valence-corrected chi connectivity index (χ1v) is 5.48. The molecule has 7 heteroatoms. The summed E-state index contributed by atoms with van der Waals surface area (Å²) >= 11 is 0. The molecule has 1 aliphatic carbocycles. The first-order chi connectivity index (χ1) is 8.10. The molecule has 0 spiro atoms. The van der Waals surface area contributed by atoms with Crippen LogP contribution in [0.2, 0.25) is 0 Å². The van der Waals surface area contributed by atoms with Gasteiger partial charge in [-0.2, -0.15) is 0 Å². The lowest BCUT2D eigenvalue weighted by atomic mass is 9.82. The van der Waals surface area contributed by atoms with E-state index in [1.54, 1.807) is 0 Å². The van der Waals surface area contributed by atoms with Crippen molar-refractivity contribution in [2.24, 2.45) is 11.8 Å². The zero-order valence-electron chi connectivity index (χ0n) is 9.51. The maximum absolute atomic E-state index is 10.8. The molecule has 0 aliphatic heterocycles. The molecule has 1 aliphatic rings. The fraction of sp³-hybridized carbons (Fsp3) is 0.500. The van der Waals surface area contributed by atoms with Crippen molar-refractivity contribution in [1.82, 2.24) is 4.98 Å². The van der Waals surface area contributed by atoms with Crippen molar-refractivity contribution in [3.8, 4) is 0 Å². The van der Waals surface area contributed by atoms with Crippen molar-refractivity contribution >= 4 is 17.3 Å². The normalized spacial score (nSPS) is 22.7. The highest BCUT2D eigenvalue weighted by atomic mass is 16.6. The summed E-state index contributed by atoms with van der Waals surface area (Å²) < 4.78 is 0. The molecular weight excluding hydrogens is 222 g/mol. The number of anilines is 2. The summed E-state index contributed by atoms with van der Waals surface area (Å²) in [5.74, 6) is 6.59. The van der Waals surface area contributed by atoms with Crippen molar-refractivity contribution in [2.75, 3.05) is 10.7 Å². The van der Waals surface area contributed by atoms with Crippen LogP contribution in [0.4, 0.5) is 17.3 Å². The van der Waals surface area contributed by atoms with E-state index in [9.17, 15) is 10.1 Å². The number of nitrogens with one attached hydrogen (secondary N) is 2. The molecule has 1 fully saturated rings. The third-order valence-corrected chi connectivity index (χ3v) is 2.93. The zero-order chi connectivity index (χ0) is 12.4. The summed E-state index contributed by atoms with van der Waals surface area (Å²) in [6.45, 7) is 2.15. The van der Waals surface area contributed by atoms with Gasteiger partial charge in [0, 0.05) is 12.1 Å². The zero-order valence-corrected chi connectivity index (χ0v) is 9.51. The number of nitrogens with two attached hydrogens (primary N) is 1. The number of aromatic nitrogens is 1. The van der Waals surface area contributed by atoms with Crippen LogP contribution < -0.4 is 16.6 Å². The molecule has 17 heavy (non-hydrogen) atoms. The Morgan fingerprint density at radius 3 is 2.76 bits per heavy atom. The average Bonchev–Trinajstić information content (AvgIpc) is 2.26. The standard InChI is InChI=1S/C10H15N5O2/c1-6-4-7(5-6)12-10-8(15(16)17)2-3-9(13-10)14-11/h2-3,6-7H,4-5,11H2,1H3,(H2,12,13,14). The van der Waals surface area contributed by atoms with Crippen LogP contribution in [0.3, 0.4) is 0 Å². The first-order valence-electron chi connectivity index (χ1n) is 5.48. The number of hydrazine groups is 1. The predicted octanol–water partition coefficient (Wildman–Crippen LogP) is 1.49. The Morgan fingerprint density at radius 1 is 1.53 bits per heavy atom. The minimum atomic E-state index is -0.447. The number of rotatable bonds is 4. The van der Waals surface area contributed by atoms with E-state index in [0.717, 1.165) is 12.8 Å². The molecule has 2 rings (SSSR count). The van der Waals surface area contributed by atoms with Gasteiger partial charge in [-0.1, -0.05) is 6.92 Å². The maximum Gasteiger partial charge on any atom is 0.311 e. The summed E-state index contributed by atoms with van der Waals surface area (Å²) in [6, 6.07) is 3.14. The van der Waals surface area contributed by atoms with Gasteiger partial charge in [-0.3, -0.25) is 10.1 Å². The summed E-state index contributed by atoms with van der Waals surface area (Å²) in [4.78, 5) is 14.5. The molecule has 0 bridgehead atoms. The molecule has 1 heterocycles. The highest BCUT2D eigenvalue weighted by Crippen LogP contribution is 2.32. The molecule has 1 saturated carbocycles. The molecule has 0 unspecified atom stereocenters. The van der Waals surface area contributed by atoms with E-state index in [-0.39, 0.29) is 17.5 Å². The maximum atomic E-state index is 10.8. The average molecular weight is 237 g/mol. The number of hydrogen-bond acceptors (Lipinski definition) is 6. The molecule has 0 amide bonds. The van der Waals surface area contributed by atoms with Crippen LogP contribution in [0.25, 0.3) is 0 Å². The van der Waals surface area contributed by atoms with E-state index in [2.05, 4.69) is 22.7 Å². The lowest BCUT2D eigenvalue weighted by Gasteiger charge is -2.33. The van der Waals surface area contributed by atoms with Crippen molar-refractivity contribution < 1.29 is 4.92 Å². The van der Waals surface area contributed by atoms with Gasteiger partial charge in [0.1, 0.15) is 5.82 Å². The van der Waals surface area contributed by atoms with E-state index >= 15 is 0 Å². The van der Waals surface area contributed by atoms with Crippen molar-refractivity contribution in [2.45, 2.75) is 25.8 Å². The van der Waals surface area contributed by atoms with Crippen LogP contribution in [-0.4, -0.2) is 15.9 Å². The second-order valence-electron chi connectivity index (χ2n) is 4.38. The second kappa shape index (κ2) is 4.54. The van der Waals surface area contributed by atoms with Crippen LogP contribution in [-0.2, 0) is 0 Å². The van der Waals surface area contributed by atoms with Crippen LogP contribution in [0.1, 0.15) is 19.8 Å². The smallest absolute Gasteiger partial charge is 0.311 e. The van der Waals surface area contributed by atoms with Crippen LogP contribution in [0, 0.1) is 16.0 Å². The van der Waals surface area contributed by atoms with Crippen LogP contribution in [0.5, 0.6) is 0 Å². The fourth-order valence-electron chi connectivity index (χ4n) is 2.00. The van der Waals surface area contributed by atoms with Gasteiger partial charge in [0.15, 0.2) is 0 Å². The van der Waals surface area contributed by atoms with E-state index in [1.807, 2.05) is 0 Å². The Bertz CT molecular complexity index is 431. The third-order valence-electron chi connectivity index (χ3n) is 2.93. The molecule has 1 aromatic heterocycles. The Hall–Kier alpha value is -1.89. The molecule has 0 saturated heterocycles. The van der Waals surface area contributed by atoms with Gasteiger partial charge >= 0.3 is 5.69 Å². The minimum Gasteiger partial charge on any atom is -0.362 e. The number of hydrogen-bond donors (Lipinski definition) is 3. The monoisotopic (exact) mass is 237 g/mol. The lowest BCUT2D eigenvalue weighted by Crippen LogP contribution is -2.34. The minimum absolute atomic E-state index is 0.0245. The van der Waals surface area contributed by atoms with Crippen molar-refractivity contribution in [3.63, 3.8) is 0 Å². The van der Waals surface area contributed by atoms with Gasteiger partial charge in [0.25, 0.3) is 0 Å². The second-order valence-corrected chi connectivity index (χ2v) is 4.38. The molecule has 0 radical (unpaired) electrons. The van der Waals surface area contributed by atoms with Gasteiger partial charge in [0.05, 0.1) is 4.92 Å². The molecule has 7 nitrogen and oxygen atoms in total. The SMILES string of the molecule is CC1CC(Nc2nc(NN)ccc2[N+](=O)[O-])C1. The summed E-state index contributed by atoms with van der Waals surface area (Å²) in [5.41, 5.74) is 2.35. The first kappa shape index (κ1) is 11.6. The van der Waals surface area contributed by atoms with E-state index in [1.165, 1.54) is 12.1 Å². The summed E-state index contributed by atoms with van der Waals surface area (Å²) in [5, 5.41) is 13.9. The number of nitrogen functional groups attached to an aromatic ring is 1. The Balaban J connectivity index is 2.19. The van der Waals surface area contributed by atoms with Gasteiger partial charge in [0.2, 0.25) is 5.82 Å². The van der Waals surface area contributed by atoms with Gasteiger partial charge in [-0.25, -0.2) is 10.8 Å². The van der Waals surface area contributed by atoms with Gasteiger partial charge in [-0.05, 0) is 24.8 Å². The third kappa shape index (κ3) is 2.44. The Labute approximate surface area is 98.5 Å². The van der Waals surface area contributed by atoms with Crippen LogP contribution in [0.15, 0.2) is 12.1 Å². The van der Waals surface area contributed by atoms with Crippen molar-refractivity contribution in [3.05, 3.63) is 22.2 Å². The Kier molecular flexibility index (Phi) is 3.10. The molecule has 4 N–H and O–H groups in total. The summed E-state index contributed by atoms with van der Waals surface area (Å²) in [7, 11) is 0. The van der Waals surface area contributed by atoms with E-state index in [4.69, 9.17) is 5.84 Å². The Morgan fingerprint density at radius 2 is 2.24 bits per heavy atom. The summed E-state index contributed by atoms with van der Waals surface area (Å²) in [6.07, 6.45) is 2.03. The molecule has 0 atom stereocenters. The van der Waals surface area contributed by atoms with E-state index < -0.39 is 4.92 Å². The lowest BCUT2D eigenvalue weighted by molar-refractivity contribution is -0.384. The quantitative estimate of drug-likeness (QED) is 0.416. The van der Waals surface area contributed by atoms with Gasteiger partial charge < -0.3 is 10.7 Å². The van der Waals surface area contributed by atoms with E-state index in [0.29, 0.717) is 11.7 Å².